The van der Waals surface area contributed by atoms with Crippen molar-refractivity contribution in [2.45, 2.75) is 5.60 Å². The molecule has 0 atom stereocenters. The Morgan fingerprint density at radius 2 is 0.848 bits per heavy atom. The Labute approximate surface area is 265 Å². The van der Waals surface area contributed by atoms with Crippen molar-refractivity contribution in [1.29, 1.82) is 0 Å². The first-order valence-electron chi connectivity index (χ1n) is 15.4. The summed E-state index contributed by atoms with van der Waals surface area (Å²) in [6, 6.07) is 28.8. The van der Waals surface area contributed by atoms with Gasteiger partial charge in [0.05, 0.1) is 14.2 Å². The fourth-order valence-corrected chi connectivity index (χ4v) is 6.90. The summed E-state index contributed by atoms with van der Waals surface area (Å²) in [5.74, 6) is 5.31. The number of hydrogen-bond acceptors (Lipinski definition) is 7. The summed E-state index contributed by atoms with van der Waals surface area (Å²) in [4.78, 5) is 0. The molecule has 46 heavy (non-hydrogen) atoms. The monoisotopic (exact) mass is 610 g/mol. The van der Waals surface area contributed by atoms with Crippen molar-refractivity contribution in [2.24, 2.45) is 0 Å². The molecule has 9 rings (SSSR count). The van der Waals surface area contributed by atoms with Crippen LogP contribution in [0, 0.1) is 0 Å². The average molecular weight is 611 g/mol. The van der Waals surface area contributed by atoms with Gasteiger partial charge in [-0.1, -0.05) is 30.3 Å². The third-order valence-electron chi connectivity index (χ3n) is 9.19. The summed E-state index contributed by atoms with van der Waals surface area (Å²) in [5.41, 5.74) is 2.06. The minimum atomic E-state index is -0.883. The standard InChI is InChI=1S/C39H30O7/c1-40-26-7-3-24(4-8-26)39(25-5-9-27(41-2)10-6-25)12-11-23-17-28-29(18-34(23)46-39)31-20-36-38(45-16-15-43-36)22-33(31)32-21-37-35(19-30(28)32)42-13-14-44-37/h3-12,17-22H,13-16H2,1-2H3. The Balaban J connectivity index is 1.30. The van der Waals surface area contributed by atoms with Gasteiger partial charge in [-0.2, -0.15) is 0 Å². The number of benzene rings is 6. The second kappa shape index (κ2) is 10.2. The number of ether oxygens (including phenoxy) is 7. The SMILES string of the molecule is COc1ccc(C2(c3ccc(OC)cc3)C=Cc3cc4c(cc3O2)c2cc3c(cc2c2cc5c(cc42)OCCO5)OCCO3)cc1. The molecular formula is C39H30O7. The van der Waals surface area contributed by atoms with Gasteiger partial charge in [-0.15, -0.1) is 0 Å². The molecule has 7 nitrogen and oxygen atoms in total. The Hall–Kier alpha value is -5.56. The number of rotatable bonds is 4. The van der Waals surface area contributed by atoms with Gasteiger partial charge in [0, 0.05) is 16.7 Å². The molecule has 3 heterocycles. The zero-order valence-corrected chi connectivity index (χ0v) is 25.4. The lowest BCUT2D eigenvalue weighted by Crippen LogP contribution is -2.34. The van der Waals surface area contributed by atoms with E-state index in [2.05, 4.69) is 72.8 Å². The van der Waals surface area contributed by atoms with Gasteiger partial charge in [0.2, 0.25) is 0 Å². The first kappa shape index (κ1) is 26.8. The quantitative estimate of drug-likeness (QED) is 0.187. The molecule has 0 spiro atoms. The molecular weight excluding hydrogens is 580 g/mol. The molecule has 0 bridgehead atoms. The predicted molar refractivity (Wildman–Crippen MR) is 177 cm³/mol. The second-order valence-corrected chi connectivity index (χ2v) is 11.6. The van der Waals surface area contributed by atoms with Gasteiger partial charge < -0.3 is 33.2 Å². The zero-order chi connectivity index (χ0) is 30.8. The van der Waals surface area contributed by atoms with E-state index >= 15 is 0 Å². The second-order valence-electron chi connectivity index (χ2n) is 11.6. The van der Waals surface area contributed by atoms with Gasteiger partial charge in [0.25, 0.3) is 0 Å². The molecule has 6 aromatic carbocycles. The molecule has 0 saturated carbocycles. The Morgan fingerprint density at radius 1 is 0.478 bits per heavy atom. The van der Waals surface area contributed by atoms with Crippen LogP contribution in [0.2, 0.25) is 0 Å². The molecule has 0 radical (unpaired) electrons. The lowest BCUT2D eigenvalue weighted by molar-refractivity contribution is 0.161. The van der Waals surface area contributed by atoms with Crippen LogP contribution in [-0.2, 0) is 5.60 Å². The molecule has 3 aliphatic rings. The fraction of sp³-hybridized carbons (Fsp3) is 0.179. The largest absolute Gasteiger partial charge is 0.497 e. The Kier molecular flexibility index (Phi) is 5.97. The topological polar surface area (TPSA) is 64.6 Å². The molecule has 0 unspecified atom stereocenters. The number of fused-ring (bicyclic) bond motifs is 9. The number of hydrogen-bond donors (Lipinski definition) is 0. The van der Waals surface area contributed by atoms with Gasteiger partial charge in [-0.3, -0.25) is 0 Å². The van der Waals surface area contributed by atoms with Gasteiger partial charge >= 0.3 is 0 Å². The third-order valence-corrected chi connectivity index (χ3v) is 9.19. The molecule has 6 aromatic rings. The predicted octanol–water partition coefficient (Wildman–Crippen LogP) is 8.06. The maximum absolute atomic E-state index is 7.14. The Bertz CT molecular complexity index is 2150. The highest BCUT2D eigenvalue weighted by molar-refractivity contribution is 6.27. The van der Waals surface area contributed by atoms with Crippen LogP contribution in [0.3, 0.4) is 0 Å². The smallest absolute Gasteiger partial charge is 0.178 e. The third kappa shape index (κ3) is 4.04. The Morgan fingerprint density at radius 3 is 1.24 bits per heavy atom. The van der Waals surface area contributed by atoms with Crippen molar-refractivity contribution in [3.05, 3.63) is 108 Å². The summed E-state index contributed by atoms with van der Waals surface area (Å²) in [5, 5.41) is 6.36. The maximum atomic E-state index is 7.14. The molecule has 0 N–H and O–H groups in total. The van der Waals surface area contributed by atoms with E-state index < -0.39 is 5.60 Å². The summed E-state index contributed by atoms with van der Waals surface area (Å²) >= 11 is 0. The van der Waals surface area contributed by atoms with E-state index in [0.29, 0.717) is 26.4 Å². The molecule has 0 saturated heterocycles. The lowest BCUT2D eigenvalue weighted by Gasteiger charge is -2.36. The van der Waals surface area contributed by atoms with Crippen molar-refractivity contribution in [3.8, 4) is 40.2 Å². The molecule has 7 heteroatoms. The van der Waals surface area contributed by atoms with E-state index in [1.165, 1.54) is 0 Å². The van der Waals surface area contributed by atoms with Crippen LogP contribution in [0.4, 0.5) is 0 Å². The van der Waals surface area contributed by atoms with E-state index in [1.807, 2.05) is 24.3 Å². The van der Waals surface area contributed by atoms with Crippen LogP contribution < -0.4 is 33.2 Å². The molecule has 3 aliphatic heterocycles. The molecule has 0 aliphatic carbocycles. The molecule has 0 aromatic heterocycles. The highest BCUT2D eigenvalue weighted by Gasteiger charge is 2.37. The fourth-order valence-electron chi connectivity index (χ4n) is 6.90. The molecule has 0 fully saturated rings. The van der Waals surface area contributed by atoms with Crippen LogP contribution in [0.1, 0.15) is 16.7 Å². The van der Waals surface area contributed by atoms with Gasteiger partial charge in [0.1, 0.15) is 43.7 Å². The normalized spacial score (nSPS) is 15.8. The molecule has 0 amide bonds. The van der Waals surface area contributed by atoms with Crippen molar-refractivity contribution < 1.29 is 33.2 Å². The van der Waals surface area contributed by atoms with Crippen molar-refractivity contribution in [3.63, 3.8) is 0 Å². The van der Waals surface area contributed by atoms with Crippen LogP contribution in [-0.4, -0.2) is 40.6 Å². The molecule has 228 valence electrons. The highest BCUT2D eigenvalue weighted by atomic mass is 16.6. The number of methoxy groups -OCH3 is 2. The van der Waals surface area contributed by atoms with Crippen molar-refractivity contribution in [2.75, 3.05) is 40.6 Å². The van der Waals surface area contributed by atoms with Gasteiger partial charge in [0.15, 0.2) is 28.6 Å². The van der Waals surface area contributed by atoms with E-state index in [9.17, 15) is 0 Å². The van der Waals surface area contributed by atoms with Crippen molar-refractivity contribution in [1.82, 2.24) is 0 Å². The maximum Gasteiger partial charge on any atom is 0.178 e. The minimum absolute atomic E-state index is 0.512. The van der Waals surface area contributed by atoms with E-state index in [0.717, 1.165) is 89.3 Å². The summed E-state index contributed by atoms with van der Waals surface area (Å²) in [6.07, 6.45) is 4.29. The van der Waals surface area contributed by atoms with Crippen LogP contribution in [0.15, 0.2) is 91.0 Å². The van der Waals surface area contributed by atoms with E-state index in [-0.39, 0.29) is 0 Å². The summed E-state index contributed by atoms with van der Waals surface area (Å²) in [6.45, 7) is 2.07. The van der Waals surface area contributed by atoms with Gasteiger partial charge in [-0.25, -0.2) is 0 Å². The van der Waals surface area contributed by atoms with E-state index in [4.69, 9.17) is 33.2 Å². The minimum Gasteiger partial charge on any atom is -0.497 e. The van der Waals surface area contributed by atoms with E-state index in [1.54, 1.807) is 14.2 Å². The first-order chi connectivity index (χ1) is 22.6. The van der Waals surface area contributed by atoms with Crippen LogP contribution in [0.5, 0.6) is 40.2 Å². The summed E-state index contributed by atoms with van der Waals surface area (Å²) in [7, 11) is 3.34. The first-order valence-corrected chi connectivity index (χ1v) is 15.4. The zero-order valence-electron chi connectivity index (χ0n) is 25.4. The summed E-state index contributed by atoms with van der Waals surface area (Å²) < 4.78 is 42.2. The van der Waals surface area contributed by atoms with Crippen LogP contribution >= 0.6 is 0 Å². The van der Waals surface area contributed by atoms with Crippen LogP contribution in [0.25, 0.3) is 38.4 Å². The average Bonchev–Trinajstić information content (AvgIpc) is 3.12. The highest BCUT2D eigenvalue weighted by Crippen LogP contribution is 2.49. The van der Waals surface area contributed by atoms with Crippen molar-refractivity contribution >= 4 is 38.4 Å². The lowest BCUT2D eigenvalue weighted by atomic mass is 9.83. The van der Waals surface area contributed by atoms with Gasteiger partial charge in [-0.05, 0) is 99.1 Å².